The lowest BCUT2D eigenvalue weighted by Crippen LogP contribution is -2.44. The number of piperidine rings is 1. The molecule has 1 fully saturated rings. The van der Waals surface area contributed by atoms with E-state index in [-0.39, 0.29) is 11.8 Å². The summed E-state index contributed by atoms with van der Waals surface area (Å²) in [6, 6.07) is -0.518. The minimum absolute atomic E-state index is 0.0238. The zero-order chi connectivity index (χ0) is 11.3. The highest BCUT2D eigenvalue weighted by Crippen LogP contribution is 2.15. The van der Waals surface area contributed by atoms with Crippen LogP contribution in [0.1, 0.15) is 12.8 Å². The van der Waals surface area contributed by atoms with E-state index in [1.54, 1.807) is 4.90 Å². The van der Waals surface area contributed by atoms with Gasteiger partial charge >= 0.3 is 6.03 Å². The Morgan fingerprint density at radius 3 is 2.87 bits per heavy atom. The third-order valence-corrected chi connectivity index (χ3v) is 2.78. The molecule has 0 aromatic rings. The van der Waals surface area contributed by atoms with Crippen LogP contribution in [0.4, 0.5) is 4.79 Å². The minimum atomic E-state index is -0.518. The Morgan fingerprint density at radius 2 is 2.27 bits per heavy atom. The quantitative estimate of drug-likeness (QED) is 0.680. The van der Waals surface area contributed by atoms with Gasteiger partial charge in [-0.05, 0) is 18.8 Å². The second-order valence-electron chi connectivity index (χ2n) is 3.73. The lowest BCUT2D eigenvalue weighted by atomic mass is 9.98. The van der Waals surface area contributed by atoms with E-state index < -0.39 is 6.03 Å². The molecular weight excluding hydrogens is 218 g/mol. The maximum Gasteiger partial charge on any atom is 0.312 e. The largest absolute Gasteiger partial charge is 0.352 e. The van der Waals surface area contributed by atoms with Crippen molar-refractivity contribution in [2.24, 2.45) is 11.7 Å². The van der Waals surface area contributed by atoms with Crippen LogP contribution in [0.3, 0.4) is 0 Å². The molecule has 1 unspecified atom stereocenters. The van der Waals surface area contributed by atoms with Crippen LogP contribution in [-0.4, -0.2) is 42.4 Å². The molecule has 1 aliphatic rings. The average Bonchev–Trinajstić information content (AvgIpc) is 2.25. The molecule has 0 spiro atoms. The van der Waals surface area contributed by atoms with Crippen molar-refractivity contribution < 1.29 is 9.59 Å². The number of urea groups is 1. The molecule has 0 radical (unpaired) electrons. The van der Waals surface area contributed by atoms with Crippen molar-refractivity contribution >= 4 is 23.5 Å². The summed E-state index contributed by atoms with van der Waals surface area (Å²) in [5, 5.41) is 2.56. The molecule has 1 atom stereocenters. The smallest absolute Gasteiger partial charge is 0.312 e. The number of rotatable bonds is 3. The summed E-state index contributed by atoms with van der Waals surface area (Å²) in [5.41, 5.74) is 4.98. The summed E-state index contributed by atoms with van der Waals surface area (Å²) < 4.78 is 0. The van der Waals surface area contributed by atoms with Gasteiger partial charge in [-0.3, -0.25) is 4.79 Å². The van der Waals surface area contributed by atoms with Gasteiger partial charge < -0.3 is 16.0 Å². The molecule has 0 aliphatic carbocycles. The molecule has 15 heavy (non-hydrogen) atoms. The second kappa shape index (κ2) is 5.80. The number of primary amides is 1. The van der Waals surface area contributed by atoms with Crippen molar-refractivity contribution in [3.63, 3.8) is 0 Å². The Balaban J connectivity index is 2.35. The van der Waals surface area contributed by atoms with Crippen molar-refractivity contribution in [3.8, 4) is 0 Å². The first-order valence-corrected chi connectivity index (χ1v) is 5.54. The van der Waals surface area contributed by atoms with Gasteiger partial charge in [0.1, 0.15) is 5.88 Å². The van der Waals surface area contributed by atoms with Crippen molar-refractivity contribution in [3.05, 3.63) is 0 Å². The van der Waals surface area contributed by atoms with Crippen LogP contribution in [0.15, 0.2) is 0 Å². The highest BCUT2D eigenvalue weighted by Gasteiger charge is 2.22. The van der Waals surface area contributed by atoms with Crippen LogP contribution < -0.4 is 11.1 Å². The number of alkyl halides is 1. The number of nitrogens with zero attached hydrogens (tertiary/aromatic N) is 1. The molecule has 86 valence electrons. The summed E-state index contributed by atoms with van der Waals surface area (Å²) in [6.45, 7) is 1.95. The normalized spacial score (nSPS) is 21.1. The van der Waals surface area contributed by atoms with Gasteiger partial charge in [-0.15, -0.1) is 11.6 Å². The zero-order valence-corrected chi connectivity index (χ0v) is 9.29. The molecular formula is C9H16ClN3O2. The molecule has 0 aromatic carbocycles. The molecule has 3 N–H and O–H groups in total. The van der Waals surface area contributed by atoms with E-state index in [0.717, 1.165) is 19.4 Å². The molecule has 0 bridgehead atoms. The number of likely N-dealkylation sites (tertiary alicyclic amines) is 1. The second-order valence-corrected chi connectivity index (χ2v) is 3.99. The predicted molar refractivity (Wildman–Crippen MR) is 57.6 cm³/mol. The number of nitrogens with one attached hydrogen (secondary N) is 1. The summed E-state index contributed by atoms with van der Waals surface area (Å²) in [5.74, 6) is 0.273. The Kier molecular flexibility index (Phi) is 4.68. The summed E-state index contributed by atoms with van der Waals surface area (Å²) >= 11 is 5.48. The number of carbonyl (C=O) groups is 2. The third-order valence-electron chi connectivity index (χ3n) is 2.55. The Morgan fingerprint density at radius 1 is 1.53 bits per heavy atom. The standard InChI is InChI=1S/C9H16ClN3O2/c10-4-8(14)13-3-1-2-7(6-13)5-12-9(11)15/h7H,1-6H2,(H3,11,12,15). The maximum absolute atomic E-state index is 11.3. The Bertz CT molecular complexity index is 248. The number of amides is 3. The Hall–Kier alpha value is -0.970. The number of carbonyl (C=O) groups excluding carboxylic acids is 2. The average molecular weight is 234 g/mol. The first-order valence-electron chi connectivity index (χ1n) is 5.00. The molecule has 3 amide bonds. The first-order chi connectivity index (χ1) is 7.13. The molecule has 0 aromatic heterocycles. The summed E-state index contributed by atoms with van der Waals surface area (Å²) in [4.78, 5) is 23.6. The van der Waals surface area contributed by atoms with Crippen LogP contribution in [-0.2, 0) is 4.79 Å². The van der Waals surface area contributed by atoms with E-state index in [2.05, 4.69) is 5.32 Å². The van der Waals surface area contributed by atoms with Gasteiger partial charge in [0.05, 0.1) is 0 Å². The molecule has 1 saturated heterocycles. The van der Waals surface area contributed by atoms with Crippen LogP contribution in [0, 0.1) is 5.92 Å². The van der Waals surface area contributed by atoms with Gasteiger partial charge in [0, 0.05) is 19.6 Å². The third kappa shape index (κ3) is 3.95. The Labute approximate surface area is 93.9 Å². The van der Waals surface area contributed by atoms with Gasteiger partial charge in [-0.1, -0.05) is 0 Å². The van der Waals surface area contributed by atoms with Gasteiger partial charge in [-0.25, -0.2) is 4.79 Å². The van der Waals surface area contributed by atoms with Crippen molar-refractivity contribution in [2.75, 3.05) is 25.5 Å². The van der Waals surface area contributed by atoms with Crippen LogP contribution in [0.5, 0.6) is 0 Å². The molecule has 0 saturated carbocycles. The van der Waals surface area contributed by atoms with E-state index in [9.17, 15) is 9.59 Å². The van der Waals surface area contributed by atoms with Gasteiger partial charge in [0.15, 0.2) is 0 Å². The highest BCUT2D eigenvalue weighted by molar-refractivity contribution is 6.27. The monoisotopic (exact) mass is 233 g/mol. The minimum Gasteiger partial charge on any atom is -0.352 e. The van der Waals surface area contributed by atoms with Crippen LogP contribution in [0.2, 0.25) is 0 Å². The fraction of sp³-hybridized carbons (Fsp3) is 0.778. The van der Waals surface area contributed by atoms with E-state index in [0.29, 0.717) is 19.0 Å². The van der Waals surface area contributed by atoms with E-state index >= 15 is 0 Å². The molecule has 6 heteroatoms. The molecule has 1 rings (SSSR count). The van der Waals surface area contributed by atoms with Crippen molar-refractivity contribution in [2.45, 2.75) is 12.8 Å². The molecule has 1 aliphatic heterocycles. The number of halogens is 1. The number of hydrogen-bond acceptors (Lipinski definition) is 2. The molecule has 1 heterocycles. The van der Waals surface area contributed by atoms with Crippen LogP contribution >= 0.6 is 11.6 Å². The van der Waals surface area contributed by atoms with Crippen molar-refractivity contribution in [1.82, 2.24) is 10.2 Å². The van der Waals surface area contributed by atoms with E-state index in [1.807, 2.05) is 0 Å². The fourth-order valence-electron chi connectivity index (χ4n) is 1.79. The van der Waals surface area contributed by atoms with Crippen LogP contribution in [0.25, 0.3) is 0 Å². The lowest BCUT2D eigenvalue weighted by Gasteiger charge is -2.32. The van der Waals surface area contributed by atoms with Gasteiger partial charge in [0.25, 0.3) is 0 Å². The van der Waals surface area contributed by atoms with Gasteiger partial charge in [-0.2, -0.15) is 0 Å². The first kappa shape index (κ1) is 12.1. The molecule has 5 nitrogen and oxygen atoms in total. The maximum atomic E-state index is 11.3. The summed E-state index contributed by atoms with van der Waals surface area (Å²) in [7, 11) is 0. The number of nitrogens with two attached hydrogens (primary N) is 1. The predicted octanol–water partition coefficient (Wildman–Crippen LogP) is 0.132. The zero-order valence-electron chi connectivity index (χ0n) is 8.54. The topological polar surface area (TPSA) is 75.4 Å². The fourth-order valence-corrected chi connectivity index (χ4v) is 1.96. The van der Waals surface area contributed by atoms with Gasteiger partial charge in [0.2, 0.25) is 5.91 Å². The number of hydrogen-bond donors (Lipinski definition) is 2. The summed E-state index contributed by atoms with van der Waals surface area (Å²) in [6.07, 6.45) is 1.96. The lowest BCUT2D eigenvalue weighted by molar-refractivity contribution is -0.130. The van der Waals surface area contributed by atoms with Crippen molar-refractivity contribution in [1.29, 1.82) is 0 Å². The SMILES string of the molecule is NC(=O)NCC1CCCN(C(=O)CCl)C1. The highest BCUT2D eigenvalue weighted by atomic mass is 35.5. The van der Waals surface area contributed by atoms with E-state index in [1.165, 1.54) is 0 Å². The van der Waals surface area contributed by atoms with E-state index in [4.69, 9.17) is 17.3 Å².